The topological polar surface area (TPSA) is 84.9 Å². The molecule has 1 aromatic carbocycles. The Morgan fingerprint density at radius 2 is 1.70 bits per heavy atom. The number of Topliss-reactive ketones (excluding diaryl/α,β-unsaturated/α-hetero) is 1. The van der Waals surface area contributed by atoms with E-state index < -0.39 is 6.09 Å². The summed E-state index contributed by atoms with van der Waals surface area (Å²) in [5, 5.41) is 2.66. The van der Waals surface area contributed by atoms with E-state index in [9.17, 15) is 14.4 Å². The average Bonchev–Trinajstić information content (AvgIpc) is 3.33. The number of ketones is 1. The number of carbonyl (C=O) groups is 3. The molecule has 1 amide bonds. The number of nitrogens with one attached hydrogen (secondary N) is 1. The van der Waals surface area contributed by atoms with E-state index in [1.807, 2.05) is 24.3 Å². The van der Waals surface area contributed by atoms with Gasteiger partial charge in [0.05, 0.1) is 13.2 Å². The highest BCUT2D eigenvalue weighted by atomic mass is 16.5. The highest BCUT2D eigenvalue weighted by Crippen LogP contribution is 2.60. The number of benzene rings is 1. The average molecular weight is 509 g/mol. The third-order valence-electron chi connectivity index (χ3n) is 9.00. The van der Waals surface area contributed by atoms with Crippen molar-refractivity contribution in [2.24, 2.45) is 23.2 Å². The monoisotopic (exact) mass is 508 g/mol. The van der Waals surface area contributed by atoms with Crippen molar-refractivity contribution in [1.82, 2.24) is 4.90 Å². The van der Waals surface area contributed by atoms with Gasteiger partial charge < -0.3 is 9.47 Å². The zero-order chi connectivity index (χ0) is 25.8. The van der Waals surface area contributed by atoms with E-state index in [1.165, 1.54) is 25.3 Å². The van der Waals surface area contributed by atoms with Crippen molar-refractivity contribution < 1.29 is 23.9 Å². The molecule has 1 aromatic rings. The first-order valence-corrected chi connectivity index (χ1v) is 14.0. The van der Waals surface area contributed by atoms with Crippen LogP contribution in [0.2, 0.25) is 0 Å². The number of nitrogens with zero attached hydrogens (tertiary/aromatic N) is 1. The summed E-state index contributed by atoms with van der Waals surface area (Å²) in [6, 6.07) is 7.25. The Morgan fingerprint density at radius 1 is 1.03 bits per heavy atom. The van der Waals surface area contributed by atoms with E-state index in [4.69, 9.17) is 9.47 Å². The Morgan fingerprint density at radius 3 is 2.35 bits per heavy atom. The molecule has 0 spiro atoms. The third-order valence-corrected chi connectivity index (χ3v) is 9.00. The van der Waals surface area contributed by atoms with Crippen molar-refractivity contribution in [2.45, 2.75) is 70.3 Å². The molecule has 0 unspecified atom stereocenters. The summed E-state index contributed by atoms with van der Waals surface area (Å²) in [6.45, 7) is 5.26. The Kier molecular flexibility index (Phi) is 7.98. The first-order chi connectivity index (χ1) is 17.9. The van der Waals surface area contributed by atoms with Crippen LogP contribution in [0.5, 0.6) is 0 Å². The van der Waals surface area contributed by atoms with E-state index in [-0.39, 0.29) is 24.0 Å². The third kappa shape index (κ3) is 6.08. The SMILES string of the molecule is C=CCOC(=O)Nc1ccc(CCCOC(=O)[C@@H]2CCCN2CC(=O)C23CC4CC(CC(C4)C2)C3)cc1. The molecule has 1 saturated heterocycles. The second kappa shape index (κ2) is 11.4. The number of hydrogen-bond donors (Lipinski definition) is 1. The molecule has 37 heavy (non-hydrogen) atoms. The van der Waals surface area contributed by atoms with Crippen molar-refractivity contribution >= 4 is 23.5 Å². The van der Waals surface area contributed by atoms with E-state index >= 15 is 0 Å². The molecule has 1 atom stereocenters. The molecule has 4 bridgehead atoms. The summed E-state index contributed by atoms with van der Waals surface area (Å²) in [5.74, 6) is 2.45. The molecular formula is C30H40N2O5. The van der Waals surface area contributed by atoms with Gasteiger partial charge in [0.25, 0.3) is 0 Å². The summed E-state index contributed by atoms with van der Waals surface area (Å²) >= 11 is 0. The first kappa shape index (κ1) is 26.0. The molecule has 6 rings (SSSR count). The van der Waals surface area contributed by atoms with Gasteiger partial charge in [-0.25, -0.2) is 4.79 Å². The van der Waals surface area contributed by atoms with Crippen LogP contribution in [0.3, 0.4) is 0 Å². The molecule has 4 saturated carbocycles. The number of aryl methyl sites for hydroxylation is 1. The standard InChI is InChI=1S/C30H40N2O5/c1-2-12-37-29(35)31-25-9-7-21(8-10-25)5-4-13-36-28(34)26-6-3-11-32(26)20-27(33)30-17-22-14-23(18-30)16-24(15-22)19-30/h2,7-10,22-24,26H,1,3-6,11-20H2,(H,31,35)/t22?,23?,24?,26-,30?/m0/s1. The maximum absolute atomic E-state index is 13.5. The lowest BCUT2D eigenvalue weighted by Gasteiger charge is -2.56. The van der Waals surface area contributed by atoms with Gasteiger partial charge in [-0.1, -0.05) is 24.8 Å². The molecule has 7 heteroatoms. The van der Waals surface area contributed by atoms with E-state index in [2.05, 4.69) is 16.8 Å². The lowest BCUT2D eigenvalue weighted by Crippen LogP contribution is -2.53. The van der Waals surface area contributed by atoms with E-state index in [1.54, 1.807) is 0 Å². The number of carbonyl (C=O) groups excluding carboxylic acids is 3. The predicted molar refractivity (Wildman–Crippen MR) is 141 cm³/mol. The lowest BCUT2D eigenvalue weighted by molar-refractivity contribution is -0.151. The summed E-state index contributed by atoms with van der Waals surface area (Å²) in [4.78, 5) is 40.1. The van der Waals surface area contributed by atoms with Crippen LogP contribution in [0.15, 0.2) is 36.9 Å². The molecule has 5 fully saturated rings. The highest BCUT2D eigenvalue weighted by Gasteiger charge is 2.54. The van der Waals surface area contributed by atoms with Crippen molar-refractivity contribution in [3.05, 3.63) is 42.5 Å². The summed E-state index contributed by atoms with van der Waals surface area (Å²) < 4.78 is 10.6. The lowest BCUT2D eigenvalue weighted by atomic mass is 9.48. The Hall–Kier alpha value is -2.67. The fourth-order valence-electron chi connectivity index (χ4n) is 7.68. The molecule has 5 aliphatic rings. The van der Waals surface area contributed by atoms with Crippen molar-refractivity contribution in [3.63, 3.8) is 0 Å². The van der Waals surface area contributed by atoms with E-state index in [0.29, 0.717) is 24.6 Å². The van der Waals surface area contributed by atoms with Crippen LogP contribution in [0.4, 0.5) is 10.5 Å². The number of rotatable bonds is 11. The number of esters is 1. The second-order valence-electron chi connectivity index (χ2n) is 11.7. The molecule has 7 nitrogen and oxygen atoms in total. The number of hydrogen-bond acceptors (Lipinski definition) is 6. The number of amides is 1. The van der Waals surface area contributed by atoms with Gasteiger partial charge in [0.2, 0.25) is 0 Å². The highest BCUT2D eigenvalue weighted by molar-refractivity contribution is 5.88. The van der Waals surface area contributed by atoms with Gasteiger partial charge >= 0.3 is 12.1 Å². The van der Waals surface area contributed by atoms with Gasteiger partial charge in [0.15, 0.2) is 5.78 Å². The number of ether oxygens (including phenoxy) is 2. The largest absolute Gasteiger partial charge is 0.465 e. The minimum Gasteiger partial charge on any atom is -0.465 e. The smallest absolute Gasteiger partial charge is 0.411 e. The normalized spacial score (nSPS) is 30.2. The molecule has 1 N–H and O–H groups in total. The van der Waals surface area contributed by atoms with Crippen LogP contribution in [0.1, 0.15) is 63.4 Å². The van der Waals surface area contributed by atoms with Gasteiger partial charge in [0, 0.05) is 11.1 Å². The van der Waals surface area contributed by atoms with Crippen LogP contribution in [-0.2, 0) is 25.5 Å². The molecular weight excluding hydrogens is 468 g/mol. The molecule has 0 radical (unpaired) electrons. The number of anilines is 1. The van der Waals surface area contributed by atoms with Crippen LogP contribution < -0.4 is 5.32 Å². The summed E-state index contributed by atoms with van der Waals surface area (Å²) in [5.41, 5.74) is 1.65. The van der Waals surface area contributed by atoms with Crippen LogP contribution in [0.25, 0.3) is 0 Å². The van der Waals surface area contributed by atoms with Crippen molar-refractivity contribution in [2.75, 3.05) is 31.6 Å². The van der Waals surface area contributed by atoms with Crippen LogP contribution in [0, 0.1) is 23.2 Å². The van der Waals surface area contributed by atoms with Crippen LogP contribution >= 0.6 is 0 Å². The van der Waals surface area contributed by atoms with Gasteiger partial charge in [0.1, 0.15) is 12.6 Å². The van der Waals surface area contributed by atoms with Crippen molar-refractivity contribution in [3.8, 4) is 0 Å². The maximum atomic E-state index is 13.5. The fourth-order valence-corrected chi connectivity index (χ4v) is 7.68. The van der Waals surface area contributed by atoms with Gasteiger partial charge in [-0.05, 0) is 106 Å². The minimum atomic E-state index is -0.514. The van der Waals surface area contributed by atoms with Crippen molar-refractivity contribution in [1.29, 1.82) is 0 Å². The molecule has 1 aliphatic heterocycles. The van der Waals surface area contributed by atoms with Gasteiger partial charge in [-0.2, -0.15) is 0 Å². The maximum Gasteiger partial charge on any atom is 0.411 e. The van der Waals surface area contributed by atoms with Crippen LogP contribution in [-0.4, -0.2) is 55.1 Å². The zero-order valence-corrected chi connectivity index (χ0v) is 21.8. The molecule has 1 heterocycles. The zero-order valence-electron chi connectivity index (χ0n) is 21.8. The number of likely N-dealkylation sites (tertiary alicyclic amines) is 1. The first-order valence-electron chi connectivity index (χ1n) is 14.0. The Bertz CT molecular complexity index is 968. The van der Waals surface area contributed by atoms with Gasteiger partial charge in [-0.15, -0.1) is 0 Å². The Labute approximate surface area is 219 Å². The quantitative estimate of drug-likeness (QED) is 0.253. The predicted octanol–water partition coefficient (Wildman–Crippen LogP) is 5.15. The summed E-state index contributed by atoms with van der Waals surface area (Å²) in [7, 11) is 0. The summed E-state index contributed by atoms with van der Waals surface area (Å²) in [6.07, 6.45) is 11.4. The molecule has 4 aliphatic carbocycles. The minimum absolute atomic E-state index is 0.108. The Balaban J connectivity index is 1.04. The van der Waals surface area contributed by atoms with Gasteiger partial charge in [-0.3, -0.25) is 19.8 Å². The molecule has 200 valence electrons. The molecule has 0 aromatic heterocycles. The fraction of sp³-hybridized carbons (Fsp3) is 0.633. The van der Waals surface area contributed by atoms with E-state index in [0.717, 1.165) is 74.8 Å². The second-order valence-corrected chi connectivity index (χ2v) is 11.7.